The fraction of sp³-hybridized carbons (Fsp3) is 0.850. The Hall–Kier alpha value is -2.18. The van der Waals surface area contributed by atoms with Gasteiger partial charge in [0.25, 0.3) is 0 Å². The Balaban J connectivity index is 1.49. The zero-order valence-electron chi connectivity index (χ0n) is 31.4. The van der Waals surface area contributed by atoms with Crippen molar-refractivity contribution in [2.45, 2.75) is 159 Å². The number of amides is 1. The van der Waals surface area contributed by atoms with Crippen molar-refractivity contribution in [3.05, 3.63) is 11.1 Å². The van der Waals surface area contributed by atoms with Gasteiger partial charge in [-0.1, -0.05) is 74.8 Å². The molecule has 3 unspecified atom stereocenters. The van der Waals surface area contributed by atoms with Gasteiger partial charge in [-0.2, -0.15) is 0 Å². The van der Waals surface area contributed by atoms with Gasteiger partial charge in [0, 0.05) is 23.2 Å². The van der Waals surface area contributed by atoms with Crippen LogP contribution in [0.4, 0.5) is 0 Å². The van der Waals surface area contributed by atoms with E-state index >= 15 is 0 Å². The summed E-state index contributed by atoms with van der Waals surface area (Å²) >= 11 is 0. The predicted molar refractivity (Wildman–Crippen MR) is 183 cm³/mol. The van der Waals surface area contributed by atoms with Crippen LogP contribution in [0.5, 0.6) is 0 Å². The molecule has 4 fully saturated rings. The number of carbonyl (C=O) groups is 4. The van der Waals surface area contributed by atoms with Crippen LogP contribution in [0.15, 0.2) is 11.1 Å². The molecule has 0 aromatic rings. The molecule has 4 saturated carbocycles. The second kappa shape index (κ2) is 11.2. The molecule has 47 heavy (non-hydrogen) atoms. The first-order chi connectivity index (χ1) is 21.4. The third-order valence-electron chi connectivity index (χ3n) is 14.8. The highest BCUT2D eigenvalue weighted by Crippen LogP contribution is 2.75. The zero-order valence-corrected chi connectivity index (χ0v) is 31.4. The number of fused-ring (bicyclic) bond motifs is 6. The number of carbonyl (C=O) groups excluding carboxylic acids is 3. The van der Waals surface area contributed by atoms with Crippen molar-refractivity contribution in [1.29, 1.82) is 0 Å². The number of aliphatic carboxylic acids is 1. The summed E-state index contributed by atoms with van der Waals surface area (Å²) < 4.78 is 6.14. The molecule has 5 aliphatic rings. The predicted octanol–water partition coefficient (Wildman–Crippen LogP) is 8.29. The summed E-state index contributed by atoms with van der Waals surface area (Å²) in [5.74, 6) is -0.218. The molecule has 0 bridgehead atoms. The molecule has 7 nitrogen and oxygen atoms in total. The highest BCUT2D eigenvalue weighted by atomic mass is 16.5. The van der Waals surface area contributed by atoms with E-state index in [1.807, 2.05) is 20.8 Å². The van der Waals surface area contributed by atoms with Crippen LogP contribution in [0.2, 0.25) is 0 Å². The SMILES string of the molecule is CC(C)C1C(=O)C[C@]2(NC(=O)C(C)(C)C)CC[C@]3(C)C(=C12)CCC1[C@@]2(C)CC[C@H](OC(=O)CC(C)(C)C(=O)O)C(C)(C)C2CC[C@]13C. The summed E-state index contributed by atoms with van der Waals surface area (Å²) in [6, 6.07) is 0. The van der Waals surface area contributed by atoms with Crippen LogP contribution in [0, 0.1) is 56.2 Å². The molecule has 5 aliphatic carbocycles. The van der Waals surface area contributed by atoms with Crippen LogP contribution < -0.4 is 5.32 Å². The first-order valence-corrected chi connectivity index (χ1v) is 18.4. The normalized spacial score (nSPS) is 39.8. The lowest BCUT2D eigenvalue weighted by molar-refractivity contribution is -0.214. The van der Waals surface area contributed by atoms with E-state index in [1.165, 1.54) is 11.1 Å². The topological polar surface area (TPSA) is 110 Å². The van der Waals surface area contributed by atoms with Gasteiger partial charge < -0.3 is 15.2 Å². The first kappa shape index (κ1) is 36.1. The molecule has 0 spiro atoms. The summed E-state index contributed by atoms with van der Waals surface area (Å²) in [6.45, 7) is 25.4. The smallest absolute Gasteiger partial charge is 0.309 e. The van der Waals surface area contributed by atoms with E-state index in [4.69, 9.17) is 4.74 Å². The van der Waals surface area contributed by atoms with E-state index in [1.54, 1.807) is 13.8 Å². The van der Waals surface area contributed by atoms with E-state index in [0.717, 1.165) is 51.4 Å². The molecular formula is C40H63NO6. The molecule has 264 valence electrons. The molecular weight excluding hydrogens is 590 g/mol. The van der Waals surface area contributed by atoms with E-state index in [2.05, 4.69) is 53.8 Å². The number of rotatable bonds is 6. The average molecular weight is 654 g/mol. The minimum atomic E-state index is -1.16. The summed E-state index contributed by atoms with van der Waals surface area (Å²) in [5, 5.41) is 13.1. The zero-order chi connectivity index (χ0) is 35.3. The lowest BCUT2D eigenvalue weighted by atomic mass is 9.34. The number of hydrogen-bond acceptors (Lipinski definition) is 5. The fourth-order valence-corrected chi connectivity index (χ4v) is 11.9. The number of esters is 1. The lowest BCUT2D eigenvalue weighted by Gasteiger charge is -2.70. The van der Waals surface area contributed by atoms with Gasteiger partial charge in [-0.3, -0.25) is 19.2 Å². The van der Waals surface area contributed by atoms with Crippen molar-refractivity contribution < 1.29 is 29.0 Å². The third kappa shape index (κ3) is 5.34. The Kier molecular flexibility index (Phi) is 8.58. The van der Waals surface area contributed by atoms with Gasteiger partial charge in [0.2, 0.25) is 5.91 Å². The first-order valence-electron chi connectivity index (χ1n) is 18.4. The monoisotopic (exact) mass is 653 g/mol. The van der Waals surface area contributed by atoms with Gasteiger partial charge in [0.15, 0.2) is 0 Å². The number of hydrogen-bond donors (Lipinski definition) is 2. The fourth-order valence-electron chi connectivity index (χ4n) is 11.9. The van der Waals surface area contributed by atoms with E-state index in [9.17, 15) is 24.3 Å². The number of ketones is 1. The Morgan fingerprint density at radius 3 is 2.13 bits per heavy atom. The molecule has 7 heteroatoms. The number of Topliss-reactive ketones (excluding diaryl/α,β-unsaturated/α-hetero) is 1. The molecule has 0 aromatic heterocycles. The van der Waals surface area contributed by atoms with Crippen LogP contribution >= 0.6 is 0 Å². The van der Waals surface area contributed by atoms with Crippen LogP contribution in [0.1, 0.15) is 147 Å². The molecule has 0 radical (unpaired) electrons. The van der Waals surface area contributed by atoms with Crippen LogP contribution in [0.25, 0.3) is 0 Å². The minimum absolute atomic E-state index is 0.0236. The molecule has 0 aliphatic heterocycles. The molecule has 0 aromatic carbocycles. The Labute approximate surface area is 283 Å². The molecule has 0 heterocycles. The van der Waals surface area contributed by atoms with Gasteiger partial charge in [-0.15, -0.1) is 0 Å². The van der Waals surface area contributed by atoms with Crippen molar-refractivity contribution in [3.63, 3.8) is 0 Å². The summed E-state index contributed by atoms with van der Waals surface area (Å²) in [7, 11) is 0. The molecule has 5 rings (SSSR count). The largest absolute Gasteiger partial charge is 0.481 e. The van der Waals surface area contributed by atoms with Crippen molar-refractivity contribution in [2.24, 2.45) is 56.2 Å². The van der Waals surface area contributed by atoms with Crippen LogP contribution in [-0.2, 0) is 23.9 Å². The van der Waals surface area contributed by atoms with Gasteiger partial charge >= 0.3 is 11.9 Å². The summed E-state index contributed by atoms with van der Waals surface area (Å²) in [4.78, 5) is 52.1. The van der Waals surface area contributed by atoms with E-state index < -0.39 is 28.3 Å². The summed E-state index contributed by atoms with van der Waals surface area (Å²) in [5.41, 5.74) is 0.254. The van der Waals surface area contributed by atoms with Gasteiger partial charge in [-0.25, -0.2) is 0 Å². The number of nitrogens with one attached hydrogen (secondary N) is 1. The molecule has 8 atom stereocenters. The minimum Gasteiger partial charge on any atom is -0.481 e. The highest BCUT2D eigenvalue weighted by molar-refractivity contribution is 5.93. The van der Waals surface area contributed by atoms with Crippen LogP contribution in [0.3, 0.4) is 0 Å². The Bertz CT molecular complexity index is 1380. The second-order valence-electron chi connectivity index (χ2n) is 19.7. The maximum Gasteiger partial charge on any atom is 0.309 e. The third-order valence-corrected chi connectivity index (χ3v) is 14.8. The van der Waals surface area contributed by atoms with Gasteiger partial charge in [0.05, 0.1) is 17.4 Å². The summed E-state index contributed by atoms with van der Waals surface area (Å²) in [6.07, 6.45) is 7.69. The van der Waals surface area contributed by atoms with Gasteiger partial charge in [-0.05, 0) is 105 Å². The van der Waals surface area contributed by atoms with E-state index in [-0.39, 0.29) is 57.7 Å². The molecule has 0 saturated heterocycles. The number of carboxylic acids is 1. The molecule has 1 amide bonds. The Morgan fingerprint density at radius 1 is 0.915 bits per heavy atom. The maximum absolute atomic E-state index is 13.8. The maximum atomic E-state index is 13.8. The average Bonchev–Trinajstić information content (AvgIpc) is 3.21. The van der Waals surface area contributed by atoms with E-state index in [0.29, 0.717) is 18.3 Å². The van der Waals surface area contributed by atoms with Crippen LogP contribution in [-0.4, -0.2) is 40.4 Å². The second-order valence-corrected chi connectivity index (χ2v) is 19.7. The van der Waals surface area contributed by atoms with Crippen molar-refractivity contribution in [2.75, 3.05) is 0 Å². The van der Waals surface area contributed by atoms with Crippen molar-refractivity contribution >= 4 is 23.6 Å². The quantitative estimate of drug-likeness (QED) is 0.221. The van der Waals surface area contributed by atoms with Crippen molar-refractivity contribution in [1.82, 2.24) is 5.32 Å². The number of ether oxygens (including phenoxy) is 1. The standard InChI is InChI=1S/C40H63NO6/c1-23(2)30-25(42)21-40(41-32(44)34(3,4)5)20-19-38(11)24(31(30)40)13-14-27-37(10)17-16-28(47-29(43)22-35(6,7)33(45)46)36(8,9)26(37)15-18-39(27,38)12/h23,26-28,30H,13-22H2,1-12H3,(H,41,44)(H,45,46)/t26?,27?,28-,30?,37-,38+,39+,40+/m0/s1. The molecule has 2 N–H and O–H groups in total. The van der Waals surface area contributed by atoms with Crippen molar-refractivity contribution in [3.8, 4) is 0 Å². The number of carboxylic acid groups (broad SMARTS) is 1. The van der Waals surface area contributed by atoms with Gasteiger partial charge in [0.1, 0.15) is 11.9 Å². The number of allylic oxidation sites excluding steroid dienone is 1. The highest BCUT2D eigenvalue weighted by Gasteiger charge is 2.69. The Morgan fingerprint density at radius 2 is 1.55 bits per heavy atom. The lowest BCUT2D eigenvalue weighted by Crippen LogP contribution is -2.65.